The SMILES string of the molecule is COc1cc(OCCOCCO)ccc1C(=O)C(C)(C)Br. The molecule has 5 nitrogen and oxygen atoms in total. The fourth-order valence-corrected chi connectivity index (χ4v) is 1.87. The summed E-state index contributed by atoms with van der Waals surface area (Å²) in [4.78, 5) is 12.3. The maximum atomic E-state index is 12.3. The lowest BCUT2D eigenvalue weighted by molar-refractivity contribution is 0.0704. The molecule has 0 aliphatic rings. The number of aliphatic hydroxyl groups is 1. The van der Waals surface area contributed by atoms with Gasteiger partial charge in [0.25, 0.3) is 0 Å². The first-order valence-corrected chi connectivity index (χ1v) is 7.42. The van der Waals surface area contributed by atoms with Crippen LogP contribution in [0.4, 0.5) is 0 Å². The molecule has 1 aromatic rings. The summed E-state index contributed by atoms with van der Waals surface area (Å²) in [7, 11) is 1.52. The van der Waals surface area contributed by atoms with Gasteiger partial charge in [-0.05, 0) is 26.0 Å². The third-order valence-electron chi connectivity index (χ3n) is 2.69. The zero-order chi connectivity index (χ0) is 15.9. The molecule has 0 saturated carbocycles. The first kappa shape index (κ1) is 17.9. The van der Waals surface area contributed by atoms with Crippen molar-refractivity contribution in [1.82, 2.24) is 0 Å². The highest BCUT2D eigenvalue weighted by atomic mass is 79.9. The summed E-state index contributed by atoms with van der Waals surface area (Å²) in [5.41, 5.74) is 0.503. The fourth-order valence-electron chi connectivity index (χ4n) is 1.65. The van der Waals surface area contributed by atoms with Crippen LogP contribution in [-0.2, 0) is 4.74 Å². The van der Waals surface area contributed by atoms with E-state index in [1.165, 1.54) is 7.11 Å². The minimum atomic E-state index is -0.652. The number of rotatable bonds is 9. The van der Waals surface area contributed by atoms with Crippen LogP contribution in [0, 0.1) is 0 Å². The summed E-state index contributed by atoms with van der Waals surface area (Å²) < 4.78 is 15.2. The molecule has 0 atom stereocenters. The van der Waals surface area contributed by atoms with Gasteiger partial charge in [0.15, 0.2) is 5.78 Å². The fraction of sp³-hybridized carbons (Fsp3) is 0.533. The molecule has 21 heavy (non-hydrogen) atoms. The molecule has 0 bridgehead atoms. The minimum absolute atomic E-state index is 0.00698. The molecule has 0 aliphatic heterocycles. The molecule has 1 aromatic carbocycles. The Balaban J connectivity index is 2.73. The number of aliphatic hydroxyl groups excluding tert-OH is 1. The van der Waals surface area contributed by atoms with E-state index in [1.807, 2.05) is 0 Å². The summed E-state index contributed by atoms with van der Waals surface area (Å²) in [6.45, 7) is 4.61. The molecule has 0 fully saturated rings. The van der Waals surface area contributed by atoms with Gasteiger partial charge in [0.2, 0.25) is 0 Å². The molecule has 0 aromatic heterocycles. The third-order valence-corrected chi connectivity index (χ3v) is 3.05. The number of carbonyl (C=O) groups excluding carboxylic acids is 1. The van der Waals surface area contributed by atoms with E-state index in [4.69, 9.17) is 19.3 Å². The molecule has 1 rings (SSSR count). The van der Waals surface area contributed by atoms with Gasteiger partial charge in [-0.3, -0.25) is 4.79 Å². The first-order valence-electron chi connectivity index (χ1n) is 6.63. The van der Waals surface area contributed by atoms with Crippen LogP contribution < -0.4 is 9.47 Å². The number of alkyl halides is 1. The van der Waals surface area contributed by atoms with Gasteiger partial charge in [0.1, 0.15) is 18.1 Å². The topological polar surface area (TPSA) is 65.0 Å². The number of benzene rings is 1. The Morgan fingerprint density at radius 2 is 2.00 bits per heavy atom. The zero-order valence-corrected chi connectivity index (χ0v) is 14.1. The van der Waals surface area contributed by atoms with E-state index >= 15 is 0 Å². The van der Waals surface area contributed by atoms with Gasteiger partial charge in [0, 0.05) is 6.07 Å². The number of hydrogen-bond acceptors (Lipinski definition) is 5. The largest absolute Gasteiger partial charge is 0.496 e. The summed E-state index contributed by atoms with van der Waals surface area (Å²) in [5.74, 6) is 1.02. The van der Waals surface area contributed by atoms with Crippen molar-refractivity contribution in [3.63, 3.8) is 0 Å². The number of Topliss-reactive ketones (excluding diaryl/α,β-unsaturated/α-hetero) is 1. The van der Waals surface area contributed by atoms with Crippen LogP contribution in [0.3, 0.4) is 0 Å². The molecule has 0 heterocycles. The quantitative estimate of drug-likeness (QED) is 0.416. The number of hydrogen-bond donors (Lipinski definition) is 1. The lowest BCUT2D eigenvalue weighted by atomic mass is 10.00. The van der Waals surface area contributed by atoms with Gasteiger partial charge in [-0.1, -0.05) is 15.9 Å². The van der Waals surface area contributed by atoms with Gasteiger partial charge < -0.3 is 19.3 Å². The normalized spacial score (nSPS) is 11.3. The molecule has 0 radical (unpaired) electrons. The van der Waals surface area contributed by atoms with Gasteiger partial charge in [-0.25, -0.2) is 0 Å². The zero-order valence-electron chi connectivity index (χ0n) is 12.5. The summed E-state index contributed by atoms with van der Waals surface area (Å²) in [5, 5.41) is 8.58. The number of carbonyl (C=O) groups is 1. The summed E-state index contributed by atoms with van der Waals surface area (Å²) in [6, 6.07) is 5.09. The second-order valence-corrected chi connectivity index (χ2v) is 6.83. The van der Waals surface area contributed by atoms with Gasteiger partial charge in [0.05, 0.1) is 36.8 Å². The van der Waals surface area contributed by atoms with Crippen LogP contribution in [0.1, 0.15) is 24.2 Å². The molecule has 1 N–H and O–H groups in total. The van der Waals surface area contributed by atoms with Crippen LogP contribution in [-0.4, -0.2) is 48.8 Å². The average molecular weight is 361 g/mol. The van der Waals surface area contributed by atoms with E-state index in [1.54, 1.807) is 32.0 Å². The third kappa shape index (κ3) is 5.65. The summed E-state index contributed by atoms with van der Waals surface area (Å²) in [6.07, 6.45) is 0. The van der Waals surface area contributed by atoms with Crippen LogP contribution in [0.5, 0.6) is 11.5 Å². The van der Waals surface area contributed by atoms with Gasteiger partial charge in [-0.15, -0.1) is 0 Å². The van der Waals surface area contributed by atoms with Crippen molar-refractivity contribution >= 4 is 21.7 Å². The van der Waals surface area contributed by atoms with Crippen LogP contribution in [0.15, 0.2) is 18.2 Å². The van der Waals surface area contributed by atoms with Gasteiger partial charge >= 0.3 is 0 Å². The second kappa shape index (κ2) is 8.36. The van der Waals surface area contributed by atoms with Crippen molar-refractivity contribution in [2.24, 2.45) is 0 Å². The van der Waals surface area contributed by atoms with Gasteiger partial charge in [-0.2, -0.15) is 0 Å². The molecule has 0 spiro atoms. The highest BCUT2D eigenvalue weighted by Crippen LogP contribution is 2.30. The minimum Gasteiger partial charge on any atom is -0.496 e. The smallest absolute Gasteiger partial charge is 0.182 e. The van der Waals surface area contributed by atoms with E-state index in [0.29, 0.717) is 36.9 Å². The number of halogens is 1. The predicted octanol–water partition coefficient (Wildman–Crippen LogP) is 2.44. The first-order chi connectivity index (χ1) is 9.90. The van der Waals surface area contributed by atoms with Crippen LogP contribution in [0.2, 0.25) is 0 Å². The highest BCUT2D eigenvalue weighted by molar-refractivity contribution is 9.10. The van der Waals surface area contributed by atoms with E-state index in [2.05, 4.69) is 15.9 Å². The molecule has 0 amide bonds. The lowest BCUT2D eigenvalue weighted by Crippen LogP contribution is -2.24. The van der Waals surface area contributed by atoms with Crippen molar-refractivity contribution in [3.05, 3.63) is 23.8 Å². The Labute approximate surface area is 133 Å². The maximum Gasteiger partial charge on any atom is 0.182 e. The Morgan fingerprint density at radius 1 is 1.29 bits per heavy atom. The molecule has 0 unspecified atom stereocenters. The average Bonchev–Trinajstić information content (AvgIpc) is 2.45. The Hall–Kier alpha value is -1.11. The monoisotopic (exact) mass is 360 g/mol. The molecule has 118 valence electrons. The second-order valence-electron chi connectivity index (χ2n) is 4.85. The van der Waals surface area contributed by atoms with Crippen molar-refractivity contribution in [2.75, 3.05) is 33.5 Å². The molecular formula is C15H21BrO5. The van der Waals surface area contributed by atoms with Crippen molar-refractivity contribution in [2.45, 2.75) is 18.2 Å². The highest BCUT2D eigenvalue weighted by Gasteiger charge is 2.27. The Kier molecular flexibility index (Phi) is 7.14. The summed E-state index contributed by atoms with van der Waals surface area (Å²) >= 11 is 3.36. The number of ketones is 1. The van der Waals surface area contributed by atoms with E-state index in [-0.39, 0.29) is 12.4 Å². The van der Waals surface area contributed by atoms with Crippen LogP contribution in [0.25, 0.3) is 0 Å². The number of methoxy groups -OCH3 is 1. The number of ether oxygens (including phenoxy) is 3. The van der Waals surface area contributed by atoms with E-state index < -0.39 is 4.32 Å². The Bertz CT molecular complexity index is 468. The molecular weight excluding hydrogens is 340 g/mol. The van der Waals surface area contributed by atoms with Crippen LogP contribution >= 0.6 is 15.9 Å². The Morgan fingerprint density at radius 3 is 2.57 bits per heavy atom. The lowest BCUT2D eigenvalue weighted by Gasteiger charge is -2.17. The molecule has 6 heteroatoms. The van der Waals surface area contributed by atoms with E-state index in [0.717, 1.165) is 0 Å². The molecule has 0 aliphatic carbocycles. The molecule has 0 saturated heterocycles. The van der Waals surface area contributed by atoms with Crippen molar-refractivity contribution < 1.29 is 24.1 Å². The maximum absolute atomic E-state index is 12.3. The van der Waals surface area contributed by atoms with Crippen molar-refractivity contribution in [3.8, 4) is 11.5 Å². The van der Waals surface area contributed by atoms with E-state index in [9.17, 15) is 4.79 Å². The predicted molar refractivity (Wildman–Crippen MR) is 83.7 cm³/mol. The standard InChI is InChI=1S/C15H21BrO5/c1-15(2,16)14(18)12-5-4-11(10-13(12)19-3)21-9-8-20-7-6-17/h4-5,10,17H,6-9H2,1-3H3. The van der Waals surface area contributed by atoms with Crippen molar-refractivity contribution in [1.29, 1.82) is 0 Å².